The van der Waals surface area contributed by atoms with Crippen LogP contribution in [0.4, 0.5) is 0 Å². The van der Waals surface area contributed by atoms with Crippen molar-refractivity contribution in [1.82, 2.24) is 9.55 Å². The van der Waals surface area contributed by atoms with E-state index in [2.05, 4.69) is 4.98 Å². The Morgan fingerprint density at radius 2 is 1.83 bits per heavy atom. The van der Waals surface area contributed by atoms with Crippen molar-refractivity contribution in [2.45, 2.75) is 26.8 Å². The molecule has 0 atom stereocenters. The van der Waals surface area contributed by atoms with E-state index in [1.165, 1.54) is 0 Å². The Hall–Kier alpha value is -2.10. The maximum Gasteiger partial charge on any atom is 0.328 e. The minimum Gasteiger partial charge on any atom is -0.297 e. The molecule has 0 fully saturated rings. The average Bonchev–Trinajstić information content (AvgIpc) is 2.37. The molecule has 4 heteroatoms. The molecular formula is C14H16N2O2. The molecule has 94 valence electrons. The van der Waals surface area contributed by atoms with Gasteiger partial charge < -0.3 is 0 Å². The number of hydrogen-bond donors (Lipinski definition) is 1. The van der Waals surface area contributed by atoms with Gasteiger partial charge in [0.1, 0.15) is 0 Å². The molecule has 2 aromatic rings. The number of benzene rings is 1. The van der Waals surface area contributed by atoms with Gasteiger partial charge in [0, 0.05) is 24.2 Å². The first-order valence-electron chi connectivity index (χ1n) is 6.00. The van der Waals surface area contributed by atoms with E-state index in [9.17, 15) is 9.59 Å². The molecule has 1 heterocycles. The van der Waals surface area contributed by atoms with Crippen LogP contribution < -0.4 is 11.2 Å². The van der Waals surface area contributed by atoms with Crippen molar-refractivity contribution in [1.29, 1.82) is 0 Å². The van der Waals surface area contributed by atoms with E-state index in [1.807, 2.05) is 37.3 Å². The lowest BCUT2D eigenvalue weighted by molar-refractivity contribution is 0.649. The summed E-state index contributed by atoms with van der Waals surface area (Å²) in [6.45, 7) is 4.20. The molecule has 1 N–H and O–H groups in total. The van der Waals surface area contributed by atoms with Gasteiger partial charge in [-0.3, -0.25) is 14.3 Å². The largest absolute Gasteiger partial charge is 0.328 e. The molecule has 2 rings (SSSR count). The van der Waals surface area contributed by atoms with Gasteiger partial charge in [-0.25, -0.2) is 4.79 Å². The standard InChI is InChI=1S/C14H16N2O2/c1-3-16-12(9-11-7-5-4-6-8-11)10(2)13(17)15-14(16)18/h4-8H,3,9H2,1-2H3,(H,15,17,18). The Morgan fingerprint density at radius 1 is 1.17 bits per heavy atom. The average molecular weight is 244 g/mol. The molecule has 0 bridgehead atoms. The SMILES string of the molecule is CCn1c(Cc2ccccc2)c(C)c(=O)[nH]c1=O. The van der Waals surface area contributed by atoms with Crippen molar-refractivity contribution in [2.75, 3.05) is 0 Å². The van der Waals surface area contributed by atoms with Crippen LogP contribution in [0.1, 0.15) is 23.7 Å². The van der Waals surface area contributed by atoms with Gasteiger partial charge in [0.15, 0.2) is 0 Å². The summed E-state index contributed by atoms with van der Waals surface area (Å²) in [4.78, 5) is 25.7. The van der Waals surface area contributed by atoms with Crippen molar-refractivity contribution < 1.29 is 0 Å². The molecule has 0 saturated carbocycles. The van der Waals surface area contributed by atoms with E-state index < -0.39 is 0 Å². The first-order valence-corrected chi connectivity index (χ1v) is 6.00. The Kier molecular flexibility index (Phi) is 3.46. The summed E-state index contributed by atoms with van der Waals surface area (Å²) in [5.41, 5.74) is 1.86. The van der Waals surface area contributed by atoms with Crippen molar-refractivity contribution in [3.63, 3.8) is 0 Å². The van der Waals surface area contributed by atoms with Crippen LogP contribution >= 0.6 is 0 Å². The minimum absolute atomic E-state index is 0.296. The van der Waals surface area contributed by atoms with Crippen LogP contribution in [0, 0.1) is 6.92 Å². The zero-order chi connectivity index (χ0) is 13.1. The maximum absolute atomic E-state index is 11.7. The Labute approximate surface area is 105 Å². The van der Waals surface area contributed by atoms with Crippen LogP contribution in [0.15, 0.2) is 39.9 Å². The third-order valence-corrected chi connectivity index (χ3v) is 3.10. The van der Waals surface area contributed by atoms with Crippen LogP contribution in [0.2, 0.25) is 0 Å². The van der Waals surface area contributed by atoms with E-state index in [1.54, 1.807) is 11.5 Å². The molecule has 0 aliphatic heterocycles. The van der Waals surface area contributed by atoms with Gasteiger partial charge in [-0.2, -0.15) is 0 Å². The van der Waals surface area contributed by atoms with Crippen molar-refractivity contribution >= 4 is 0 Å². The van der Waals surface area contributed by atoms with Gasteiger partial charge in [0.25, 0.3) is 5.56 Å². The van der Waals surface area contributed by atoms with Gasteiger partial charge in [-0.05, 0) is 19.4 Å². The molecule has 1 aromatic heterocycles. The van der Waals surface area contributed by atoms with Crippen LogP contribution in [-0.2, 0) is 13.0 Å². The van der Waals surface area contributed by atoms with E-state index in [-0.39, 0.29) is 11.2 Å². The number of aromatic amines is 1. The van der Waals surface area contributed by atoms with Crippen molar-refractivity contribution in [2.24, 2.45) is 0 Å². The molecule has 4 nitrogen and oxygen atoms in total. The predicted molar refractivity (Wildman–Crippen MR) is 71.0 cm³/mol. The fraction of sp³-hybridized carbons (Fsp3) is 0.286. The third kappa shape index (κ3) is 2.27. The van der Waals surface area contributed by atoms with Gasteiger partial charge in [0.05, 0.1) is 0 Å². The summed E-state index contributed by atoms with van der Waals surface area (Å²) in [6, 6.07) is 9.83. The molecule has 0 aliphatic carbocycles. The van der Waals surface area contributed by atoms with Crippen LogP contribution in [0.3, 0.4) is 0 Å². The second-order valence-corrected chi connectivity index (χ2v) is 4.24. The zero-order valence-electron chi connectivity index (χ0n) is 10.6. The highest BCUT2D eigenvalue weighted by molar-refractivity contribution is 5.26. The maximum atomic E-state index is 11.7. The first kappa shape index (κ1) is 12.4. The summed E-state index contributed by atoms with van der Waals surface area (Å²) in [7, 11) is 0. The normalized spacial score (nSPS) is 10.6. The lowest BCUT2D eigenvalue weighted by atomic mass is 10.1. The number of hydrogen-bond acceptors (Lipinski definition) is 2. The lowest BCUT2D eigenvalue weighted by Crippen LogP contribution is -2.34. The van der Waals surface area contributed by atoms with E-state index >= 15 is 0 Å². The van der Waals surface area contributed by atoms with E-state index in [0.717, 1.165) is 11.3 Å². The third-order valence-electron chi connectivity index (χ3n) is 3.10. The quantitative estimate of drug-likeness (QED) is 0.888. The highest BCUT2D eigenvalue weighted by Crippen LogP contribution is 2.09. The van der Waals surface area contributed by atoms with Gasteiger partial charge in [0.2, 0.25) is 0 Å². The van der Waals surface area contributed by atoms with E-state index in [0.29, 0.717) is 18.5 Å². The Morgan fingerprint density at radius 3 is 2.44 bits per heavy atom. The zero-order valence-corrected chi connectivity index (χ0v) is 10.6. The van der Waals surface area contributed by atoms with Crippen LogP contribution in [0.25, 0.3) is 0 Å². The van der Waals surface area contributed by atoms with Gasteiger partial charge in [-0.1, -0.05) is 30.3 Å². The van der Waals surface area contributed by atoms with Crippen LogP contribution in [0.5, 0.6) is 0 Å². The monoisotopic (exact) mass is 244 g/mol. The fourth-order valence-electron chi connectivity index (χ4n) is 2.07. The number of nitrogens with one attached hydrogen (secondary N) is 1. The smallest absolute Gasteiger partial charge is 0.297 e. The van der Waals surface area contributed by atoms with Gasteiger partial charge >= 0.3 is 5.69 Å². The van der Waals surface area contributed by atoms with Crippen LogP contribution in [-0.4, -0.2) is 9.55 Å². The molecular weight excluding hydrogens is 228 g/mol. The molecule has 0 radical (unpaired) electrons. The number of rotatable bonds is 3. The molecule has 1 aromatic carbocycles. The highest BCUT2D eigenvalue weighted by atomic mass is 16.2. The second-order valence-electron chi connectivity index (χ2n) is 4.24. The first-order chi connectivity index (χ1) is 8.63. The van der Waals surface area contributed by atoms with E-state index in [4.69, 9.17) is 0 Å². The molecule has 0 amide bonds. The second kappa shape index (κ2) is 5.04. The number of nitrogens with zero attached hydrogens (tertiary/aromatic N) is 1. The number of aromatic nitrogens is 2. The summed E-state index contributed by atoms with van der Waals surface area (Å²) < 4.78 is 1.61. The summed E-state index contributed by atoms with van der Waals surface area (Å²) in [6.07, 6.45) is 0.597. The predicted octanol–water partition coefficient (Wildman–Crippen LogP) is 1.46. The van der Waals surface area contributed by atoms with Crippen molar-refractivity contribution in [3.8, 4) is 0 Å². The highest BCUT2D eigenvalue weighted by Gasteiger charge is 2.10. The summed E-state index contributed by atoms with van der Waals surface area (Å²) in [5, 5.41) is 0. The molecule has 0 unspecified atom stereocenters. The molecule has 0 spiro atoms. The Bertz CT molecular complexity index is 654. The lowest BCUT2D eigenvalue weighted by Gasteiger charge is -2.12. The topological polar surface area (TPSA) is 54.9 Å². The summed E-state index contributed by atoms with van der Waals surface area (Å²) in [5.74, 6) is 0. The van der Waals surface area contributed by atoms with Gasteiger partial charge in [-0.15, -0.1) is 0 Å². The Balaban J connectivity index is 2.56. The summed E-state index contributed by atoms with van der Waals surface area (Å²) >= 11 is 0. The molecule has 18 heavy (non-hydrogen) atoms. The number of H-pyrrole nitrogens is 1. The molecule has 0 aliphatic rings. The van der Waals surface area contributed by atoms with Crippen molar-refractivity contribution in [3.05, 3.63) is 68.0 Å². The minimum atomic E-state index is -0.334. The fourth-order valence-corrected chi connectivity index (χ4v) is 2.07. The molecule has 0 saturated heterocycles.